The van der Waals surface area contributed by atoms with Crippen molar-refractivity contribution >= 4 is 51.5 Å². The third-order valence-electron chi connectivity index (χ3n) is 10.3. The van der Waals surface area contributed by atoms with E-state index in [0.717, 1.165) is 28.6 Å². The lowest BCUT2D eigenvalue weighted by atomic mass is 9.34. The van der Waals surface area contributed by atoms with Crippen molar-refractivity contribution in [1.82, 2.24) is 0 Å². The van der Waals surface area contributed by atoms with Gasteiger partial charge in [-0.05, 0) is 84.2 Å². The van der Waals surface area contributed by atoms with Gasteiger partial charge in [0.2, 0.25) is 0 Å². The maximum absolute atomic E-state index is 6.85. The lowest BCUT2D eigenvalue weighted by Crippen LogP contribution is -2.60. The van der Waals surface area contributed by atoms with E-state index in [1.165, 1.54) is 59.0 Å². The fraction of sp³-hybridized carbons (Fsp3) is 0.211. The van der Waals surface area contributed by atoms with Gasteiger partial charge in [0.1, 0.15) is 11.5 Å². The lowest BCUT2D eigenvalue weighted by Gasteiger charge is -2.44. The van der Waals surface area contributed by atoms with Crippen LogP contribution >= 0.6 is 0 Å². The van der Waals surface area contributed by atoms with Gasteiger partial charge in [-0.25, -0.2) is 0 Å². The van der Waals surface area contributed by atoms with Crippen LogP contribution in [0.25, 0.3) is 0 Å². The highest BCUT2D eigenvalue weighted by Crippen LogP contribution is 2.56. The van der Waals surface area contributed by atoms with Crippen LogP contribution < -0.4 is 30.9 Å². The van der Waals surface area contributed by atoms with Gasteiger partial charge in [-0.2, -0.15) is 0 Å². The molecule has 9 rings (SSSR count). The number of benzene rings is 5. The van der Waals surface area contributed by atoms with Crippen molar-refractivity contribution in [3.05, 3.63) is 120 Å². The van der Waals surface area contributed by atoms with Crippen molar-refractivity contribution in [2.45, 2.75) is 51.0 Å². The molecule has 0 saturated heterocycles. The van der Waals surface area contributed by atoms with E-state index >= 15 is 0 Å². The smallest absolute Gasteiger partial charge is 0.256 e. The van der Waals surface area contributed by atoms with E-state index in [1.54, 1.807) is 5.56 Å². The van der Waals surface area contributed by atoms with Gasteiger partial charge in [0.25, 0.3) is 6.71 Å². The number of fused-ring (bicyclic) bond motifs is 7. The second-order valence-corrected chi connectivity index (χ2v) is 12.8. The Kier molecular flexibility index (Phi) is 5.06. The highest BCUT2D eigenvalue weighted by Gasteiger charge is 2.54. The topological polar surface area (TPSA) is 15.7 Å². The molecule has 0 aromatic heterocycles. The summed E-state index contributed by atoms with van der Waals surface area (Å²) in [6.07, 6.45) is 5.12. The van der Waals surface area contributed by atoms with Crippen LogP contribution in [-0.2, 0) is 5.41 Å². The summed E-state index contributed by atoms with van der Waals surface area (Å²) in [5, 5.41) is 0. The van der Waals surface area contributed by atoms with Crippen LogP contribution in [0.2, 0.25) is 0 Å². The molecule has 0 bridgehead atoms. The van der Waals surface area contributed by atoms with Crippen molar-refractivity contribution in [1.29, 1.82) is 0 Å². The van der Waals surface area contributed by atoms with Crippen molar-refractivity contribution < 1.29 is 4.74 Å². The minimum atomic E-state index is 0.157. The Balaban J connectivity index is 1.25. The predicted molar refractivity (Wildman–Crippen MR) is 175 cm³/mol. The summed E-state index contributed by atoms with van der Waals surface area (Å²) >= 11 is 0. The summed E-state index contributed by atoms with van der Waals surface area (Å²) < 4.78 is 6.85. The number of hydrogen-bond acceptors (Lipinski definition) is 3. The molecule has 42 heavy (non-hydrogen) atoms. The Labute approximate surface area is 248 Å². The van der Waals surface area contributed by atoms with E-state index < -0.39 is 0 Å². The molecule has 0 amide bonds. The van der Waals surface area contributed by atoms with Crippen molar-refractivity contribution in [2.24, 2.45) is 0 Å². The summed E-state index contributed by atoms with van der Waals surface area (Å²) in [6, 6.07) is 40.2. The predicted octanol–water partition coefficient (Wildman–Crippen LogP) is 7.75. The third kappa shape index (κ3) is 3.24. The summed E-state index contributed by atoms with van der Waals surface area (Å²) in [5.74, 6) is 1.94. The summed E-state index contributed by atoms with van der Waals surface area (Å²) in [7, 11) is 0. The molecule has 3 aliphatic heterocycles. The van der Waals surface area contributed by atoms with Crippen molar-refractivity contribution in [3.63, 3.8) is 0 Å². The van der Waals surface area contributed by atoms with Crippen LogP contribution in [0.5, 0.6) is 11.5 Å². The van der Waals surface area contributed by atoms with Crippen LogP contribution in [0.15, 0.2) is 109 Å². The zero-order chi connectivity index (χ0) is 28.0. The highest BCUT2D eigenvalue weighted by molar-refractivity contribution is 6.99. The largest absolute Gasteiger partial charge is 0.458 e. The molecule has 1 aliphatic carbocycles. The highest BCUT2D eigenvalue weighted by atomic mass is 16.5. The normalized spacial score (nSPS) is 20.7. The van der Waals surface area contributed by atoms with E-state index in [4.69, 9.17) is 4.74 Å². The fourth-order valence-electron chi connectivity index (χ4n) is 8.53. The van der Waals surface area contributed by atoms with Crippen LogP contribution in [0.1, 0.15) is 43.7 Å². The molecule has 2 unspecified atom stereocenters. The molecule has 1 fully saturated rings. The van der Waals surface area contributed by atoms with Gasteiger partial charge in [0, 0.05) is 46.0 Å². The molecule has 5 aromatic rings. The molecule has 3 heterocycles. The van der Waals surface area contributed by atoms with E-state index in [1.807, 2.05) is 0 Å². The minimum Gasteiger partial charge on any atom is -0.458 e. The SMILES string of the molecule is Cc1cc2c3c(c1)C1(C)CCCCC1N3c1cccc3c1B2c1ccc(N(c2ccccc2)c2ccccc2)cc1O3. The average Bonchev–Trinajstić information content (AvgIpc) is 3.29. The molecule has 4 aliphatic rings. The first-order valence-electron chi connectivity index (χ1n) is 15.4. The van der Waals surface area contributed by atoms with E-state index in [9.17, 15) is 0 Å². The number of anilines is 5. The second kappa shape index (κ2) is 8.78. The van der Waals surface area contributed by atoms with E-state index in [-0.39, 0.29) is 12.1 Å². The average molecular weight is 545 g/mol. The van der Waals surface area contributed by atoms with Crippen LogP contribution in [-0.4, -0.2) is 12.8 Å². The standard InChI is InChI=1S/C38H33BN2O/c1-25-22-29-37-31(23-25)39-30-20-19-28(40(26-12-5-3-6-13-26)27-14-7-4-8-15-27)24-34(30)42-33-17-11-16-32(36(33)39)41(37)35-18-9-10-21-38(29,35)2/h3-8,11-17,19-20,22-24,35H,9-10,18,21H2,1-2H3. The molecule has 1 saturated carbocycles. The number of para-hydroxylation sites is 2. The second-order valence-electron chi connectivity index (χ2n) is 12.8. The third-order valence-corrected chi connectivity index (χ3v) is 10.3. The van der Waals surface area contributed by atoms with Crippen molar-refractivity contribution in [2.75, 3.05) is 9.80 Å². The maximum Gasteiger partial charge on any atom is 0.256 e. The molecular weight excluding hydrogens is 511 g/mol. The van der Waals surface area contributed by atoms with Gasteiger partial charge < -0.3 is 14.5 Å². The summed E-state index contributed by atoms with van der Waals surface area (Å²) in [4.78, 5) is 5.03. The van der Waals surface area contributed by atoms with E-state index in [2.05, 4.69) is 133 Å². The lowest BCUT2D eigenvalue weighted by molar-refractivity contribution is 0.290. The van der Waals surface area contributed by atoms with E-state index in [0.29, 0.717) is 6.04 Å². The van der Waals surface area contributed by atoms with Gasteiger partial charge in [-0.15, -0.1) is 0 Å². The first kappa shape index (κ1) is 24.2. The molecule has 204 valence electrons. The zero-order valence-corrected chi connectivity index (χ0v) is 24.2. The first-order chi connectivity index (χ1) is 20.6. The Bertz CT molecular complexity index is 1830. The Morgan fingerprint density at radius 3 is 2.29 bits per heavy atom. The quantitative estimate of drug-likeness (QED) is 0.212. The van der Waals surface area contributed by atoms with Crippen LogP contribution in [0.3, 0.4) is 0 Å². The van der Waals surface area contributed by atoms with Gasteiger partial charge in [0.05, 0.1) is 0 Å². The monoisotopic (exact) mass is 544 g/mol. The Morgan fingerprint density at radius 1 is 0.762 bits per heavy atom. The minimum absolute atomic E-state index is 0.157. The summed E-state index contributed by atoms with van der Waals surface area (Å²) in [5.41, 5.74) is 13.3. The molecule has 4 heteroatoms. The fourth-order valence-corrected chi connectivity index (χ4v) is 8.53. The van der Waals surface area contributed by atoms with Gasteiger partial charge >= 0.3 is 0 Å². The van der Waals surface area contributed by atoms with Crippen LogP contribution in [0.4, 0.5) is 28.4 Å². The molecule has 0 N–H and O–H groups in total. The van der Waals surface area contributed by atoms with Crippen molar-refractivity contribution in [3.8, 4) is 11.5 Å². The number of aryl methyl sites for hydroxylation is 1. The molecule has 3 nitrogen and oxygen atoms in total. The molecular formula is C38H33BN2O. The zero-order valence-electron chi connectivity index (χ0n) is 24.2. The Hall–Kier alpha value is -4.44. The van der Waals surface area contributed by atoms with Gasteiger partial charge in [-0.3, -0.25) is 0 Å². The number of hydrogen-bond donors (Lipinski definition) is 0. The number of rotatable bonds is 3. The maximum atomic E-state index is 6.85. The van der Waals surface area contributed by atoms with Crippen LogP contribution in [0, 0.1) is 6.92 Å². The molecule has 0 radical (unpaired) electrons. The summed E-state index contributed by atoms with van der Waals surface area (Å²) in [6.45, 7) is 4.97. The van der Waals surface area contributed by atoms with Gasteiger partial charge in [-0.1, -0.05) is 86.0 Å². The molecule has 5 aromatic carbocycles. The Morgan fingerprint density at radius 2 is 1.52 bits per heavy atom. The van der Waals surface area contributed by atoms with Gasteiger partial charge in [0.15, 0.2) is 0 Å². The molecule has 2 atom stereocenters. The number of nitrogens with zero attached hydrogens (tertiary/aromatic N) is 2. The first-order valence-corrected chi connectivity index (χ1v) is 15.4. The number of ether oxygens (including phenoxy) is 1. The molecule has 0 spiro atoms.